The van der Waals surface area contributed by atoms with Crippen LogP contribution in [0, 0.1) is 0 Å². The van der Waals surface area contributed by atoms with Gasteiger partial charge in [0.2, 0.25) is 0 Å². The molecule has 0 N–H and O–H groups in total. The van der Waals surface area contributed by atoms with E-state index in [1.165, 1.54) is 6.26 Å². The molecule has 1 aromatic rings. The topological polar surface area (TPSA) is 44.8 Å². The highest BCUT2D eigenvalue weighted by atomic mass is 35.5. The Morgan fingerprint density at radius 2 is 1.74 bits per heavy atom. The van der Waals surface area contributed by atoms with Crippen molar-refractivity contribution in [3.05, 3.63) is 47.2 Å². The molecule has 0 aliphatic carbocycles. The second-order valence-electron chi connectivity index (χ2n) is 4.91. The van der Waals surface area contributed by atoms with E-state index < -0.39 is 13.8 Å². The zero-order chi connectivity index (χ0) is 17.1. The lowest BCUT2D eigenvalue weighted by atomic mass is 10.0. The van der Waals surface area contributed by atoms with E-state index in [2.05, 4.69) is 0 Å². The largest absolute Gasteiger partial charge is 0.555 e. The number of hydrogen-bond acceptors (Lipinski definition) is 4. The zero-order valence-corrected chi connectivity index (χ0v) is 15.6. The fourth-order valence-corrected chi connectivity index (χ4v) is 2.68. The molecule has 0 saturated carbocycles. The molecule has 0 amide bonds. The van der Waals surface area contributed by atoms with Crippen LogP contribution in [0.3, 0.4) is 0 Å². The molecule has 1 atom stereocenters. The third-order valence-electron chi connectivity index (χ3n) is 3.16. The van der Waals surface area contributed by atoms with Crippen molar-refractivity contribution in [1.82, 2.24) is 0 Å². The van der Waals surface area contributed by atoms with E-state index in [1.54, 1.807) is 6.08 Å². The summed E-state index contributed by atoms with van der Waals surface area (Å²) in [6.07, 6.45) is 4.85. The molecular formula is C17H25ClO4P+. The van der Waals surface area contributed by atoms with E-state index in [0.717, 1.165) is 5.56 Å². The second kappa shape index (κ2) is 10.8. The molecule has 6 heteroatoms. The average Bonchev–Trinajstić information content (AvgIpc) is 2.54. The second-order valence-corrected chi connectivity index (χ2v) is 6.86. The van der Waals surface area contributed by atoms with Gasteiger partial charge in [0.05, 0.1) is 0 Å². The maximum absolute atomic E-state index is 11.3. The fourth-order valence-electron chi connectivity index (χ4n) is 2.19. The van der Waals surface area contributed by atoms with Gasteiger partial charge in [-0.3, -0.25) is 4.52 Å². The highest BCUT2D eigenvalue weighted by molar-refractivity contribution is 7.39. The molecule has 0 saturated heterocycles. The Hall–Kier alpha value is -0.930. The van der Waals surface area contributed by atoms with Crippen LogP contribution >= 0.6 is 19.6 Å². The van der Waals surface area contributed by atoms with Gasteiger partial charge in [0.15, 0.2) is 11.9 Å². The van der Waals surface area contributed by atoms with E-state index in [0.29, 0.717) is 37.2 Å². The lowest BCUT2D eigenvalue weighted by Gasteiger charge is -2.32. The summed E-state index contributed by atoms with van der Waals surface area (Å²) in [5.74, 6) is -0.769. The van der Waals surface area contributed by atoms with E-state index in [4.69, 9.17) is 25.6 Å². The highest BCUT2D eigenvalue weighted by Crippen LogP contribution is 2.27. The smallest absolute Gasteiger partial charge is 0.350 e. The number of benzene rings is 1. The minimum Gasteiger partial charge on any atom is -0.350 e. The standard InChI is InChI=1S/C17H25ClO4P/c1-4-20-17(21-5-2,12-7-13-22-23(19)6-3)14-15-8-10-16(18)11-9-15/h7-11,13H,4-6,12,14H2,1-3H3/q+1. The van der Waals surface area contributed by atoms with Crippen LogP contribution in [0.4, 0.5) is 0 Å². The van der Waals surface area contributed by atoms with Crippen molar-refractivity contribution in [3.8, 4) is 0 Å². The summed E-state index contributed by atoms with van der Waals surface area (Å²) in [5, 5.41) is 0.698. The van der Waals surface area contributed by atoms with Crippen molar-refractivity contribution in [1.29, 1.82) is 0 Å². The summed E-state index contributed by atoms with van der Waals surface area (Å²) in [6, 6.07) is 7.63. The predicted octanol–water partition coefficient (Wildman–Crippen LogP) is 5.33. The van der Waals surface area contributed by atoms with Crippen molar-refractivity contribution in [3.63, 3.8) is 0 Å². The molecule has 4 nitrogen and oxygen atoms in total. The summed E-state index contributed by atoms with van der Waals surface area (Å²) in [6.45, 7) is 6.75. The van der Waals surface area contributed by atoms with E-state index >= 15 is 0 Å². The van der Waals surface area contributed by atoms with Gasteiger partial charge in [0.25, 0.3) is 0 Å². The van der Waals surface area contributed by atoms with Crippen LogP contribution in [0.5, 0.6) is 0 Å². The number of rotatable bonds is 11. The molecule has 0 radical (unpaired) electrons. The third-order valence-corrected chi connectivity index (χ3v) is 4.29. The quantitative estimate of drug-likeness (QED) is 0.304. The average molecular weight is 360 g/mol. The molecule has 1 unspecified atom stereocenters. The Kier molecular flexibility index (Phi) is 9.42. The third kappa shape index (κ3) is 7.45. The van der Waals surface area contributed by atoms with Crippen LogP contribution in [0.1, 0.15) is 32.8 Å². The Labute approximate surface area is 144 Å². The summed E-state index contributed by atoms with van der Waals surface area (Å²) < 4.78 is 28.2. The Morgan fingerprint density at radius 1 is 1.13 bits per heavy atom. The van der Waals surface area contributed by atoms with E-state index in [1.807, 2.05) is 45.0 Å². The van der Waals surface area contributed by atoms with Crippen LogP contribution in [0.2, 0.25) is 5.02 Å². The molecule has 0 heterocycles. The van der Waals surface area contributed by atoms with Gasteiger partial charge in [-0.2, -0.15) is 0 Å². The number of hydrogen-bond donors (Lipinski definition) is 0. The monoisotopic (exact) mass is 359 g/mol. The van der Waals surface area contributed by atoms with Crippen LogP contribution < -0.4 is 0 Å². The Bertz CT molecular complexity index is 496. The van der Waals surface area contributed by atoms with Crippen molar-refractivity contribution in [2.24, 2.45) is 0 Å². The molecule has 0 spiro atoms. The Balaban J connectivity index is 2.82. The van der Waals surface area contributed by atoms with Gasteiger partial charge in [0, 0.05) is 31.1 Å². The van der Waals surface area contributed by atoms with E-state index in [9.17, 15) is 4.57 Å². The molecule has 0 aromatic heterocycles. The molecule has 0 bridgehead atoms. The SMILES string of the molecule is CCOC(CC=CO[P+](=O)CC)(Cc1ccc(Cl)cc1)OCC. The summed E-state index contributed by atoms with van der Waals surface area (Å²) in [7, 11) is -1.63. The van der Waals surface area contributed by atoms with Gasteiger partial charge in [-0.25, -0.2) is 0 Å². The first kappa shape index (κ1) is 20.1. The van der Waals surface area contributed by atoms with E-state index in [-0.39, 0.29) is 0 Å². The minimum absolute atomic E-state index is 0.493. The van der Waals surface area contributed by atoms with Crippen LogP contribution in [0.25, 0.3) is 0 Å². The molecule has 0 aliphatic heterocycles. The molecule has 23 heavy (non-hydrogen) atoms. The van der Waals surface area contributed by atoms with Crippen molar-refractivity contribution < 1.29 is 18.6 Å². The zero-order valence-electron chi connectivity index (χ0n) is 14.0. The van der Waals surface area contributed by atoms with Crippen molar-refractivity contribution in [2.45, 2.75) is 39.4 Å². The van der Waals surface area contributed by atoms with Crippen molar-refractivity contribution >= 4 is 19.6 Å². The predicted molar refractivity (Wildman–Crippen MR) is 94.1 cm³/mol. The van der Waals surface area contributed by atoms with Gasteiger partial charge in [-0.15, -0.1) is 0 Å². The number of ether oxygens (including phenoxy) is 2. The van der Waals surface area contributed by atoms with Crippen LogP contribution in [-0.4, -0.2) is 25.2 Å². The van der Waals surface area contributed by atoms with Gasteiger partial charge < -0.3 is 9.47 Å². The lowest BCUT2D eigenvalue weighted by Crippen LogP contribution is -2.38. The normalized spacial score (nSPS) is 12.6. The number of halogens is 1. The van der Waals surface area contributed by atoms with Gasteiger partial charge in [-0.05, 0) is 49.1 Å². The lowest BCUT2D eigenvalue weighted by molar-refractivity contribution is -0.230. The molecule has 0 aliphatic rings. The highest BCUT2D eigenvalue weighted by Gasteiger charge is 2.30. The van der Waals surface area contributed by atoms with Gasteiger partial charge >= 0.3 is 8.03 Å². The van der Waals surface area contributed by atoms with Crippen molar-refractivity contribution in [2.75, 3.05) is 19.4 Å². The Morgan fingerprint density at radius 3 is 2.26 bits per heavy atom. The first-order valence-corrected chi connectivity index (χ1v) is 9.58. The molecule has 0 fully saturated rings. The van der Waals surface area contributed by atoms with Gasteiger partial charge in [-0.1, -0.05) is 23.7 Å². The molecule has 1 rings (SSSR count). The molecule has 1 aromatic carbocycles. The summed E-state index contributed by atoms with van der Waals surface area (Å²) in [4.78, 5) is 0. The maximum Gasteiger partial charge on any atom is 0.555 e. The molecule has 128 valence electrons. The van der Waals surface area contributed by atoms with Crippen LogP contribution in [-0.2, 0) is 25.0 Å². The maximum atomic E-state index is 11.3. The molecular weight excluding hydrogens is 335 g/mol. The summed E-state index contributed by atoms with van der Waals surface area (Å²) in [5.41, 5.74) is 1.07. The summed E-state index contributed by atoms with van der Waals surface area (Å²) >= 11 is 5.93. The minimum atomic E-state index is -1.63. The first-order valence-electron chi connectivity index (χ1n) is 7.84. The fraction of sp³-hybridized carbons (Fsp3) is 0.529. The van der Waals surface area contributed by atoms with Gasteiger partial charge in [0.1, 0.15) is 6.26 Å². The van der Waals surface area contributed by atoms with Crippen LogP contribution in [0.15, 0.2) is 36.6 Å². The first-order chi connectivity index (χ1) is 11.0.